The maximum atomic E-state index is 5.92. The molecule has 0 radical (unpaired) electrons. The Bertz CT molecular complexity index is 395. The van der Waals surface area contributed by atoms with Gasteiger partial charge in [-0.15, -0.1) is 0 Å². The van der Waals surface area contributed by atoms with Gasteiger partial charge in [-0.3, -0.25) is 0 Å². The number of aryl methyl sites for hydroxylation is 1. The van der Waals surface area contributed by atoms with Gasteiger partial charge in [0.2, 0.25) is 0 Å². The molecule has 3 nitrogen and oxygen atoms in total. The lowest BCUT2D eigenvalue weighted by atomic mass is 10.0. The highest BCUT2D eigenvalue weighted by Crippen LogP contribution is 2.27. The topological polar surface area (TPSA) is 27.7 Å². The second-order valence-electron chi connectivity index (χ2n) is 5.36. The zero-order valence-electron chi connectivity index (χ0n) is 12.1. The summed E-state index contributed by atoms with van der Waals surface area (Å²) in [5, 5.41) is 0. The van der Waals surface area contributed by atoms with E-state index < -0.39 is 0 Å². The van der Waals surface area contributed by atoms with Crippen LogP contribution in [-0.2, 0) is 9.47 Å². The summed E-state index contributed by atoms with van der Waals surface area (Å²) in [4.78, 5) is 0. The Hall–Kier alpha value is -1.06. The smallest absolute Gasteiger partial charge is 0.160 e. The molecule has 106 valence electrons. The minimum atomic E-state index is -0.0962. The summed E-state index contributed by atoms with van der Waals surface area (Å²) >= 11 is 0. The van der Waals surface area contributed by atoms with E-state index in [0.29, 0.717) is 12.5 Å². The van der Waals surface area contributed by atoms with E-state index in [2.05, 4.69) is 39.0 Å². The first kappa shape index (κ1) is 14.4. The molecule has 19 heavy (non-hydrogen) atoms. The molecule has 0 amide bonds. The molecule has 1 aromatic carbocycles. The summed E-state index contributed by atoms with van der Waals surface area (Å²) in [6.07, 6.45) is 1.68. The molecule has 0 unspecified atom stereocenters. The third kappa shape index (κ3) is 4.22. The van der Waals surface area contributed by atoms with Gasteiger partial charge in [-0.25, -0.2) is 0 Å². The van der Waals surface area contributed by atoms with Gasteiger partial charge in [-0.1, -0.05) is 26.0 Å². The zero-order chi connectivity index (χ0) is 13.7. The molecule has 0 N–H and O–H groups in total. The van der Waals surface area contributed by atoms with Crippen molar-refractivity contribution in [2.24, 2.45) is 0 Å². The van der Waals surface area contributed by atoms with Crippen molar-refractivity contribution in [2.45, 2.75) is 45.8 Å². The number of hydrogen-bond acceptors (Lipinski definition) is 3. The lowest BCUT2D eigenvalue weighted by molar-refractivity contribution is -0.183. The molecule has 0 aromatic heterocycles. The van der Waals surface area contributed by atoms with E-state index in [1.54, 1.807) is 0 Å². The summed E-state index contributed by atoms with van der Waals surface area (Å²) in [5.74, 6) is 1.46. The molecule has 1 aliphatic rings. The Morgan fingerprint density at radius 2 is 2.00 bits per heavy atom. The van der Waals surface area contributed by atoms with Gasteiger partial charge in [-0.2, -0.15) is 0 Å². The molecule has 0 saturated carbocycles. The molecule has 3 heteroatoms. The van der Waals surface area contributed by atoms with Crippen molar-refractivity contribution in [3.63, 3.8) is 0 Å². The Labute approximate surface area is 115 Å². The van der Waals surface area contributed by atoms with E-state index in [4.69, 9.17) is 14.2 Å². The number of benzene rings is 1. The number of rotatable bonds is 5. The van der Waals surface area contributed by atoms with Gasteiger partial charge in [0, 0.05) is 6.42 Å². The van der Waals surface area contributed by atoms with Crippen LogP contribution >= 0.6 is 0 Å². The molecule has 2 rings (SSSR count). The lowest BCUT2D eigenvalue weighted by Gasteiger charge is -2.23. The number of hydrogen-bond donors (Lipinski definition) is 0. The van der Waals surface area contributed by atoms with Crippen molar-refractivity contribution in [3.8, 4) is 5.75 Å². The first-order chi connectivity index (χ1) is 9.16. The molecular weight excluding hydrogens is 240 g/mol. The number of ether oxygens (including phenoxy) is 3. The van der Waals surface area contributed by atoms with Crippen molar-refractivity contribution in [1.29, 1.82) is 0 Å². The van der Waals surface area contributed by atoms with Crippen LogP contribution < -0.4 is 4.74 Å². The summed E-state index contributed by atoms with van der Waals surface area (Å²) in [7, 11) is 0. The van der Waals surface area contributed by atoms with Crippen LogP contribution in [0.2, 0.25) is 0 Å². The fourth-order valence-electron chi connectivity index (χ4n) is 2.21. The van der Waals surface area contributed by atoms with Gasteiger partial charge in [-0.05, 0) is 36.5 Å². The van der Waals surface area contributed by atoms with Crippen molar-refractivity contribution in [1.82, 2.24) is 0 Å². The molecule has 1 saturated heterocycles. The Kier molecular flexibility index (Phi) is 5.23. The van der Waals surface area contributed by atoms with Crippen LogP contribution in [-0.4, -0.2) is 26.1 Å². The molecule has 1 aromatic rings. The molecule has 0 spiro atoms. The molecule has 0 atom stereocenters. The van der Waals surface area contributed by atoms with E-state index in [-0.39, 0.29) is 6.29 Å². The third-order valence-corrected chi connectivity index (χ3v) is 3.30. The maximum absolute atomic E-state index is 5.92. The molecule has 1 heterocycles. The van der Waals surface area contributed by atoms with Crippen LogP contribution in [0, 0.1) is 6.92 Å². The van der Waals surface area contributed by atoms with E-state index in [0.717, 1.165) is 31.8 Å². The summed E-state index contributed by atoms with van der Waals surface area (Å²) in [6, 6.07) is 6.40. The highest BCUT2D eigenvalue weighted by Gasteiger charge is 2.15. The molecule has 0 aliphatic carbocycles. The van der Waals surface area contributed by atoms with E-state index in [1.165, 1.54) is 11.1 Å². The molecular formula is C16H24O3. The van der Waals surface area contributed by atoms with Crippen LogP contribution in [0.5, 0.6) is 5.75 Å². The van der Waals surface area contributed by atoms with Crippen molar-refractivity contribution >= 4 is 0 Å². The molecule has 1 fully saturated rings. The second kappa shape index (κ2) is 6.92. The standard InChI is InChI=1S/C16H24O3/c1-12(2)14-6-5-13(3)11-15(14)17-10-7-16-18-8-4-9-19-16/h5-6,11-12,16H,4,7-10H2,1-3H3. The van der Waals surface area contributed by atoms with Gasteiger partial charge in [0.05, 0.1) is 19.8 Å². The van der Waals surface area contributed by atoms with Crippen LogP contribution in [0.15, 0.2) is 18.2 Å². The maximum Gasteiger partial charge on any atom is 0.160 e. The minimum absolute atomic E-state index is 0.0962. The third-order valence-electron chi connectivity index (χ3n) is 3.30. The summed E-state index contributed by atoms with van der Waals surface area (Å²) in [6.45, 7) is 8.69. The first-order valence-electron chi connectivity index (χ1n) is 7.13. The average Bonchev–Trinajstić information content (AvgIpc) is 2.39. The van der Waals surface area contributed by atoms with Crippen LogP contribution in [0.25, 0.3) is 0 Å². The van der Waals surface area contributed by atoms with Crippen molar-refractivity contribution in [3.05, 3.63) is 29.3 Å². The fraction of sp³-hybridized carbons (Fsp3) is 0.625. The molecule has 1 aliphatic heterocycles. The highest BCUT2D eigenvalue weighted by molar-refractivity contribution is 5.39. The van der Waals surface area contributed by atoms with Crippen LogP contribution in [0.3, 0.4) is 0 Å². The van der Waals surface area contributed by atoms with E-state index >= 15 is 0 Å². The predicted molar refractivity (Wildman–Crippen MR) is 75.7 cm³/mol. The fourth-order valence-corrected chi connectivity index (χ4v) is 2.21. The van der Waals surface area contributed by atoms with Crippen molar-refractivity contribution in [2.75, 3.05) is 19.8 Å². The first-order valence-corrected chi connectivity index (χ1v) is 7.13. The Morgan fingerprint density at radius 1 is 1.26 bits per heavy atom. The summed E-state index contributed by atoms with van der Waals surface area (Å²) in [5.41, 5.74) is 2.49. The minimum Gasteiger partial charge on any atom is -0.493 e. The highest BCUT2D eigenvalue weighted by atomic mass is 16.7. The molecule has 0 bridgehead atoms. The normalized spacial score (nSPS) is 16.8. The second-order valence-corrected chi connectivity index (χ2v) is 5.36. The van der Waals surface area contributed by atoms with Gasteiger partial charge < -0.3 is 14.2 Å². The van der Waals surface area contributed by atoms with Crippen LogP contribution in [0.1, 0.15) is 43.7 Å². The average molecular weight is 264 g/mol. The zero-order valence-corrected chi connectivity index (χ0v) is 12.1. The summed E-state index contributed by atoms with van der Waals surface area (Å²) < 4.78 is 17.0. The Morgan fingerprint density at radius 3 is 2.68 bits per heavy atom. The monoisotopic (exact) mass is 264 g/mol. The van der Waals surface area contributed by atoms with Crippen molar-refractivity contribution < 1.29 is 14.2 Å². The van der Waals surface area contributed by atoms with Gasteiger partial charge in [0.25, 0.3) is 0 Å². The van der Waals surface area contributed by atoms with Gasteiger partial charge >= 0.3 is 0 Å². The van der Waals surface area contributed by atoms with E-state index in [1.807, 2.05) is 0 Å². The van der Waals surface area contributed by atoms with Gasteiger partial charge in [0.1, 0.15) is 5.75 Å². The Balaban J connectivity index is 1.89. The van der Waals surface area contributed by atoms with Crippen LogP contribution in [0.4, 0.5) is 0 Å². The quantitative estimate of drug-likeness (QED) is 0.812. The van der Waals surface area contributed by atoms with Gasteiger partial charge in [0.15, 0.2) is 6.29 Å². The predicted octanol–water partition coefficient (Wildman–Crippen LogP) is 3.65. The van der Waals surface area contributed by atoms with E-state index in [9.17, 15) is 0 Å². The largest absolute Gasteiger partial charge is 0.493 e. The SMILES string of the molecule is Cc1ccc(C(C)C)c(OCCC2OCCCO2)c1. The lowest BCUT2D eigenvalue weighted by Crippen LogP contribution is -2.26.